The quantitative estimate of drug-likeness (QED) is 0.784. The molecule has 0 saturated heterocycles. The van der Waals surface area contributed by atoms with Crippen LogP contribution in [-0.4, -0.2) is 21.2 Å². The van der Waals surface area contributed by atoms with Gasteiger partial charge in [0.15, 0.2) is 0 Å². The second-order valence-electron chi connectivity index (χ2n) is 3.36. The molecule has 0 spiro atoms. The summed E-state index contributed by atoms with van der Waals surface area (Å²) in [6, 6.07) is 5.75. The summed E-state index contributed by atoms with van der Waals surface area (Å²) in [5.41, 5.74) is 1.90. The largest absolute Gasteiger partial charge is 0.270 e. The van der Waals surface area contributed by atoms with Crippen LogP contribution in [0.25, 0.3) is 0 Å². The Labute approximate surface area is 91.9 Å². The summed E-state index contributed by atoms with van der Waals surface area (Å²) in [7, 11) is -3.12. The Morgan fingerprint density at radius 2 is 2.14 bits per heavy atom. The molecule has 14 heavy (non-hydrogen) atoms. The minimum Gasteiger partial charge on any atom is -0.270 e. The van der Waals surface area contributed by atoms with Crippen LogP contribution < -0.4 is 4.31 Å². The zero-order chi connectivity index (χ0) is 10.3. The summed E-state index contributed by atoms with van der Waals surface area (Å²) in [6.45, 7) is 0.560. The lowest BCUT2D eigenvalue weighted by Crippen LogP contribution is -2.27. The van der Waals surface area contributed by atoms with E-state index in [0.717, 1.165) is 22.1 Å². The molecule has 1 aromatic rings. The van der Waals surface area contributed by atoms with E-state index in [-0.39, 0.29) is 0 Å². The van der Waals surface area contributed by atoms with Crippen LogP contribution in [0.4, 0.5) is 5.69 Å². The van der Waals surface area contributed by atoms with Gasteiger partial charge in [0.05, 0.1) is 11.9 Å². The van der Waals surface area contributed by atoms with Gasteiger partial charge in [0.2, 0.25) is 10.0 Å². The van der Waals surface area contributed by atoms with E-state index in [1.165, 1.54) is 10.6 Å². The summed E-state index contributed by atoms with van der Waals surface area (Å²) in [4.78, 5) is 0. The van der Waals surface area contributed by atoms with Crippen molar-refractivity contribution >= 4 is 31.6 Å². The predicted octanol–water partition coefficient (Wildman–Crippen LogP) is 1.77. The Bertz CT molecular complexity index is 470. The number of benzene rings is 1. The number of rotatable bonds is 1. The SMILES string of the molecule is CS(=O)(=O)N1CCc2ccc(Br)cc21. The van der Waals surface area contributed by atoms with Crippen molar-refractivity contribution in [3.8, 4) is 0 Å². The Morgan fingerprint density at radius 3 is 2.79 bits per heavy atom. The molecule has 0 saturated carbocycles. The maximum atomic E-state index is 11.4. The van der Waals surface area contributed by atoms with Gasteiger partial charge in [0, 0.05) is 11.0 Å². The lowest BCUT2D eigenvalue weighted by molar-refractivity contribution is 0.598. The van der Waals surface area contributed by atoms with Crippen LogP contribution in [0.2, 0.25) is 0 Å². The number of halogens is 1. The molecule has 1 aliphatic heterocycles. The zero-order valence-electron chi connectivity index (χ0n) is 7.70. The highest BCUT2D eigenvalue weighted by Crippen LogP contribution is 2.32. The van der Waals surface area contributed by atoms with Crippen molar-refractivity contribution < 1.29 is 8.42 Å². The summed E-state index contributed by atoms with van der Waals surface area (Å²) < 4.78 is 25.2. The topological polar surface area (TPSA) is 37.4 Å². The molecule has 1 heterocycles. The number of fused-ring (bicyclic) bond motifs is 1. The first-order valence-corrected chi connectivity index (χ1v) is 6.89. The van der Waals surface area contributed by atoms with E-state index in [1.54, 1.807) is 0 Å². The second kappa shape index (κ2) is 3.24. The van der Waals surface area contributed by atoms with Gasteiger partial charge in [0.25, 0.3) is 0 Å². The van der Waals surface area contributed by atoms with E-state index >= 15 is 0 Å². The Hall–Kier alpha value is -0.550. The lowest BCUT2D eigenvalue weighted by atomic mass is 10.2. The van der Waals surface area contributed by atoms with Crippen LogP contribution in [0.5, 0.6) is 0 Å². The molecule has 0 radical (unpaired) electrons. The number of hydrogen-bond donors (Lipinski definition) is 0. The molecule has 76 valence electrons. The van der Waals surface area contributed by atoms with Crippen LogP contribution in [0.15, 0.2) is 22.7 Å². The summed E-state index contributed by atoms with van der Waals surface area (Å²) in [5.74, 6) is 0. The standard InChI is InChI=1S/C9H10BrNO2S/c1-14(12,13)11-5-4-7-2-3-8(10)6-9(7)11/h2-3,6H,4-5H2,1H3. The molecular weight excluding hydrogens is 266 g/mol. The average molecular weight is 276 g/mol. The van der Waals surface area contributed by atoms with E-state index in [4.69, 9.17) is 0 Å². The van der Waals surface area contributed by atoms with Crippen molar-refractivity contribution in [1.29, 1.82) is 0 Å². The van der Waals surface area contributed by atoms with Gasteiger partial charge in [-0.3, -0.25) is 4.31 Å². The molecule has 1 aliphatic rings. The maximum absolute atomic E-state index is 11.4. The third-order valence-corrected chi connectivity index (χ3v) is 3.97. The average Bonchev–Trinajstić information content (AvgIpc) is 2.45. The predicted molar refractivity (Wildman–Crippen MR) is 60.0 cm³/mol. The van der Waals surface area contributed by atoms with E-state index in [9.17, 15) is 8.42 Å². The van der Waals surface area contributed by atoms with E-state index in [2.05, 4.69) is 15.9 Å². The van der Waals surface area contributed by atoms with Crippen molar-refractivity contribution in [2.24, 2.45) is 0 Å². The first-order valence-electron chi connectivity index (χ1n) is 4.24. The number of sulfonamides is 1. The van der Waals surface area contributed by atoms with E-state index < -0.39 is 10.0 Å². The molecule has 2 rings (SSSR count). The van der Waals surface area contributed by atoms with Gasteiger partial charge in [-0.05, 0) is 24.1 Å². The molecule has 0 N–H and O–H groups in total. The van der Waals surface area contributed by atoms with Crippen molar-refractivity contribution in [2.45, 2.75) is 6.42 Å². The Morgan fingerprint density at radius 1 is 1.43 bits per heavy atom. The van der Waals surface area contributed by atoms with Crippen LogP contribution in [0, 0.1) is 0 Å². The van der Waals surface area contributed by atoms with Crippen LogP contribution in [0.1, 0.15) is 5.56 Å². The number of anilines is 1. The van der Waals surface area contributed by atoms with Crippen LogP contribution in [0.3, 0.4) is 0 Å². The number of hydrogen-bond acceptors (Lipinski definition) is 2. The number of nitrogens with zero attached hydrogens (tertiary/aromatic N) is 1. The third kappa shape index (κ3) is 1.66. The fraction of sp³-hybridized carbons (Fsp3) is 0.333. The molecule has 0 amide bonds. The lowest BCUT2D eigenvalue weighted by Gasteiger charge is -2.16. The fourth-order valence-corrected chi connectivity index (χ4v) is 2.97. The summed E-state index contributed by atoms with van der Waals surface area (Å²) >= 11 is 3.34. The van der Waals surface area contributed by atoms with Crippen molar-refractivity contribution in [2.75, 3.05) is 17.1 Å². The first kappa shape index (κ1) is 9.98. The van der Waals surface area contributed by atoms with Crippen molar-refractivity contribution in [3.05, 3.63) is 28.2 Å². The summed E-state index contributed by atoms with van der Waals surface area (Å²) in [5, 5.41) is 0. The monoisotopic (exact) mass is 275 g/mol. The second-order valence-corrected chi connectivity index (χ2v) is 6.18. The molecule has 0 aromatic heterocycles. The smallest absolute Gasteiger partial charge is 0.232 e. The van der Waals surface area contributed by atoms with E-state index in [1.807, 2.05) is 18.2 Å². The van der Waals surface area contributed by atoms with Crippen LogP contribution >= 0.6 is 15.9 Å². The highest BCUT2D eigenvalue weighted by atomic mass is 79.9. The normalized spacial score (nSPS) is 15.7. The van der Waals surface area contributed by atoms with Gasteiger partial charge in [-0.15, -0.1) is 0 Å². The minimum atomic E-state index is -3.12. The van der Waals surface area contributed by atoms with Gasteiger partial charge in [0.1, 0.15) is 0 Å². The summed E-state index contributed by atoms with van der Waals surface area (Å²) in [6.07, 6.45) is 2.04. The van der Waals surface area contributed by atoms with Gasteiger partial charge in [-0.2, -0.15) is 0 Å². The third-order valence-electron chi connectivity index (χ3n) is 2.30. The van der Waals surface area contributed by atoms with Crippen molar-refractivity contribution in [3.63, 3.8) is 0 Å². The van der Waals surface area contributed by atoms with E-state index in [0.29, 0.717) is 6.54 Å². The van der Waals surface area contributed by atoms with Gasteiger partial charge in [-0.1, -0.05) is 22.0 Å². The fourth-order valence-electron chi connectivity index (χ4n) is 1.67. The van der Waals surface area contributed by atoms with Gasteiger partial charge < -0.3 is 0 Å². The maximum Gasteiger partial charge on any atom is 0.232 e. The van der Waals surface area contributed by atoms with Gasteiger partial charge >= 0.3 is 0 Å². The molecule has 0 bridgehead atoms. The molecule has 0 unspecified atom stereocenters. The molecule has 0 fully saturated rings. The highest BCUT2D eigenvalue weighted by molar-refractivity contribution is 9.10. The van der Waals surface area contributed by atoms with Crippen LogP contribution in [-0.2, 0) is 16.4 Å². The van der Waals surface area contributed by atoms with Crippen molar-refractivity contribution in [1.82, 2.24) is 0 Å². The minimum absolute atomic E-state index is 0.560. The Balaban J connectivity index is 2.54. The molecule has 3 nitrogen and oxygen atoms in total. The first-order chi connectivity index (χ1) is 6.48. The molecular formula is C9H10BrNO2S. The molecule has 5 heteroatoms. The molecule has 1 aromatic carbocycles. The molecule has 0 atom stereocenters. The Kier molecular flexibility index (Phi) is 2.31. The highest BCUT2D eigenvalue weighted by Gasteiger charge is 2.25. The zero-order valence-corrected chi connectivity index (χ0v) is 10.1. The van der Waals surface area contributed by atoms with Gasteiger partial charge in [-0.25, -0.2) is 8.42 Å². The molecule has 0 aliphatic carbocycles.